The van der Waals surface area contributed by atoms with Crippen LogP contribution >= 0.6 is 0 Å². The van der Waals surface area contributed by atoms with Gasteiger partial charge in [-0.1, -0.05) is 12.1 Å². The fraction of sp³-hybridized carbons (Fsp3) is 0.357. The average Bonchev–Trinajstić information content (AvgIpc) is 2.83. The molecule has 1 atom stereocenters. The first-order chi connectivity index (χ1) is 9.17. The van der Waals surface area contributed by atoms with Crippen molar-refractivity contribution >= 4 is 5.69 Å². The van der Waals surface area contributed by atoms with Crippen LogP contribution in [0.25, 0.3) is 0 Å². The van der Waals surface area contributed by atoms with Crippen molar-refractivity contribution in [2.45, 2.75) is 13.0 Å². The van der Waals surface area contributed by atoms with Gasteiger partial charge in [-0.25, -0.2) is 4.39 Å². The standard InChI is InChI=1S/C14H19FN4/c1-3-19(13-7-5-4-6-12(13)15)14(8-16)11-9-17-18(2)10-11/h4-7,9-10,14H,3,8,16H2,1-2H3. The van der Waals surface area contributed by atoms with Gasteiger partial charge in [0.25, 0.3) is 0 Å². The molecule has 1 heterocycles. The zero-order valence-corrected chi connectivity index (χ0v) is 11.3. The maximum absolute atomic E-state index is 13.9. The van der Waals surface area contributed by atoms with Gasteiger partial charge in [0, 0.05) is 31.9 Å². The quantitative estimate of drug-likeness (QED) is 0.897. The molecule has 4 nitrogen and oxygen atoms in total. The lowest BCUT2D eigenvalue weighted by molar-refractivity contribution is 0.588. The summed E-state index contributed by atoms with van der Waals surface area (Å²) >= 11 is 0. The second kappa shape index (κ2) is 5.84. The second-order valence-electron chi connectivity index (χ2n) is 4.44. The molecule has 0 aliphatic carbocycles. The number of anilines is 1. The second-order valence-corrected chi connectivity index (χ2v) is 4.44. The van der Waals surface area contributed by atoms with Gasteiger partial charge in [0.15, 0.2) is 0 Å². The van der Waals surface area contributed by atoms with Crippen molar-refractivity contribution in [2.75, 3.05) is 18.0 Å². The van der Waals surface area contributed by atoms with E-state index in [9.17, 15) is 4.39 Å². The highest BCUT2D eigenvalue weighted by molar-refractivity contribution is 5.49. The number of aryl methyl sites for hydroxylation is 1. The Morgan fingerprint density at radius 1 is 1.42 bits per heavy atom. The molecule has 0 amide bonds. The minimum absolute atomic E-state index is 0.0735. The fourth-order valence-electron chi connectivity index (χ4n) is 2.30. The SMILES string of the molecule is CCN(c1ccccc1F)C(CN)c1cnn(C)c1. The van der Waals surface area contributed by atoms with E-state index >= 15 is 0 Å². The highest BCUT2D eigenvalue weighted by Gasteiger charge is 2.21. The number of likely N-dealkylation sites (N-methyl/N-ethyl adjacent to an activating group) is 1. The van der Waals surface area contributed by atoms with Crippen molar-refractivity contribution in [2.24, 2.45) is 12.8 Å². The van der Waals surface area contributed by atoms with Gasteiger partial charge in [0.05, 0.1) is 17.9 Å². The monoisotopic (exact) mass is 262 g/mol. The molecule has 0 bridgehead atoms. The lowest BCUT2D eigenvalue weighted by Gasteiger charge is -2.31. The lowest BCUT2D eigenvalue weighted by Crippen LogP contribution is -2.34. The van der Waals surface area contributed by atoms with E-state index in [4.69, 9.17) is 5.73 Å². The van der Waals surface area contributed by atoms with Crippen molar-refractivity contribution in [3.8, 4) is 0 Å². The van der Waals surface area contributed by atoms with Gasteiger partial charge in [0.2, 0.25) is 0 Å². The molecule has 5 heteroatoms. The number of benzene rings is 1. The maximum Gasteiger partial charge on any atom is 0.146 e. The van der Waals surface area contributed by atoms with Gasteiger partial charge in [0.1, 0.15) is 5.82 Å². The summed E-state index contributed by atoms with van der Waals surface area (Å²) in [6, 6.07) is 6.69. The topological polar surface area (TPSA) is 47.1 Å². The molecule has 2 rings (SSSR count). The summed E-state index contributed by atoms with van der Waals surface area (Å²) in [5.74, 6) is -0.230. The molecule has 0 fully saturated rings. The van der Waals surface area contributed by atoms with Crippen LogP contribution in [0.15, 0.2) is 36.7 Å². The van der Waals surface area contributed by atoms with Crippen molar-refractivity contribution in [1.29, 1.82) is 0 Å². The number of hydrogen-bond donors (Lipinski definition) is 1. The maximum atomic E-state index is 13.9. The minimum Gasteiger partial charge on any atom is -0.361 e. The van der Waals surface area contributed by atoms with E-state index in [-0.39, 0.29) is 11.9 Å². The van der Waals surface area contributed by atoms with Crippen LogP contribution < -0.4 is 10.6 Å². The molecular formula is C14H19FN4. The van der Waals surface area contributed by atoms with Crippen LogP contribution in [-0.2, 0) is 7.05 Å². The molecule has 102 valence electrons. The molecule has 0 spiro atoms. The summed E-state index contributed by atoms with van der Waals surface area (Å²) < 4.78 is 15.7. The summed E-state index contributed by atoms with van der Waals surface area (Å²) in [4.78, 5) is 1.96. The molecule has 2 aromatic rings. The van der Waals surface area contributed by atoms with Gasteiger partial charge in [-0.15, -0.1) is 0 Å². The van der Waals surface area contributed by atoms with Gasteiger partial charge in [-0.05, 0) is 19.1 Å². The first-order valence-electron chi connectivity index (χ1n) is 6.37. The van der Waals surface area contributed by atoms with Crippen LogP contribution in [0.5, 0.6) is 0 Å². The molecule has 0 saturated heterocycles. The van der Waals surface area contributed by atoms with Crippen LogP contribution in [0, 0.1) is 5.82 Å². The molecule has 19 heavy (non-hydrogen) atoms. The Balaban J connectivity index is 2.37. The van der Waals surface area contributed by atoms with E-state index in [1.54, 1.807) is 23.0 Å². The number of nitrogens with two attached hydrogens (primary N) is 1. The Bertz CT molecular complexity index is 538. The third-order valence-corrected chi connectivity index (χ3v) is 3.21. The summed E-state index contributed by atoms with van der Waals surface area (Å²) in [6.07, 6.45) is 3.70. The number of aromatic nitrogens is 2. The summed E-state index contributed by atoms with van der Waals surface area (Å²) in [5.41, 5.74) is 7.45. The molecular weight excluding hydrogens is 243 g/mol. The third kappa shape index (κ3) is 2.76. The van der Waals surface area contributed by atoms with E-state index in [0.29, 0.717) is 18.8 Å². The van der Waals surface area contributed by atoms with Crippen molar-refractivity contribution < 1.29 is 4.39 Å². The Morgan fingerprint density at radius 3 is 2.68 bits per heavy atom. The van der Waals surface area contributed by atoms with Crippen LogP contribution in [0.4, 0.5) is 10.1 Å². The predicted octanol–water partition coefficient (Wildman–Crippen LogP) is 2.09. The van der Waals surface area contributed by atoms with Crippen molar-refractivity contribution in [3.63, 3.8) is 0 Å². The summed E-state index contributed by atoms with van der Waals surface area (Å²) in [6.45, 7) is 3.08. The van der Waals surface area contributed by atoms with E-state index in [2.05, 4.69) is 5.10 Å². The van der Waals surface area contributed by atoms with E-state index in [0.717, 1.165) is 5.56 Å². The molecule has 0 aliphatic rings. The zero-order valence-electron chi connectivity index (χ0n) is 11.3. The van der Waals surface area contributed by atoms with E-state index < -0.39 is 0 Å². The first-order valence-corrected chi connectivity index (χ1v) is 6.37. The Kier molecular flexibility index (Phi) is 4.16. The molecule has 2 N–H and O–H groups in total. The van der Waals surface area contributed by atoms with E-state index in [1.807, 2.05) is 31.1 Å². The Morgan fingerprint density at radius 2 is 2.16 bits per heavy atom. The summed E-state index contributed by atoms with van der Waals surface area (Å²) in [7, 11) is 1.86. The first kappa shape index (κ1) is 13.5. The molecule has 0 aliphatic heterocycles. The molecule has 1 aromatic carbocycles. The van der Waals surface area contributed by atoms with E-state index in [1.165, 1.54) is 6.07 Å². The molecule has 1 aromatic heterocycles. The highest BCUT2D eigenvalue weighted by Crippen LogP contribution is 2.28. The van der Waals surface area contributed by atoms with Crippen molar-refractivity contribution in [1.82, 2.24) is 9.78 Å². The number of para-hydroxylation sites is 1. The fourth-order valence-corrected chi connectivity index (χ4v) is 2.30. The lowest BCUT2D eigenvalue weighted by atomic mass is 10.1. The van der Waals surface area contributed by atoms with Crippen LogP contribution in [0.2, 0.25) is 0 Å². The molecule has 1 unspecified atom stereocenters. The normalized spacial score (nSPS) is 12.4. The van der Waals surface area contributed by atoms with Gasteiger partial charge >= 0.3 is 0 Å². The largest absolute Gasteiger partial charge is 0.361 e. The van der Waals surface area contributed by atoms with Gasteiger partial charge in [-0.3, -0.25) is 4.68 Å². The number of halogens is 1. The zero-order chi connectivity index (χ0) is 13.8. The van der Waals surface area contributed by atoms with Crippen LogP contribution in [0.3, 0.4) is 0 Å². The Labute approximate surface area is 112 Å². The average molecular weight is 262 g/mol. The van der Waals surface area contributed by atoms with Crippen LogP contribution in [-0.4, -0.2) is 22.9 Å². The molecule has 0 radical (unpaired) electrons. The number of hydrogen-bond acceptors (Lipinski definition) is 3. The molecule has 0 saturated carbocycles. The van der Waals surface area contributed by atoms with Gasteiger partial charge in [-0.2, -0.15) is 5.10 Å². The van der Waals surface area contributed by atoms with Crippen LogP contribution in [0.1, 0.15) is 18.5 Å². The highest BCUT2D eigenvalue weighted by atomic mass is 19.1. The third-order valence-electron chi connectivity index (χ3n) is 3.21. The van der Waals surface area contributed by atoms with Gasteiger partial charge < -0.3 is 10.6 Å². The van der Waals surface area contributed by atoms with Crippen molar-refractivity contribution in [3.05, 3.63) is 48.0 Å². The summed E-state index contributed by atoms with van der Waals surface area (Å²) in [5, 5.41) is 4.16. The predicted molar refractivity (Wildman–Crippen MR) is 74.4 cm³/mol. The Hall–Kier alpha value is -1.88. The minimum atomic E-state index is -0.230. The number of rotatable bonds is 5. The number of nitrogens with zero attached hydrogens (tertiary/aromatic N) is 3. The smallest absolute Gasteiger partial charge is 0.146 e.